The molecule has 0 bridgehead atoms. The Morgan fingerprint density at radius 1 is 0.579 bits per heavy atom. The molecule has 224 valence electrons. The van der Waals surface area contributed by atoms with E-state index in [-0.39, 0.29) is 23.8 Å². The second-order valence-electron chi connectivity index (χ2n) is 15.0. The molecule has 38 heavy (non-hydrogen) atoms. The normalized spacial score (nSPS) is 20.1. The van der Waals surface area contributed by atoms with E-state index in [1.54, 1.807) is 0 Å². The van der Waals surface area contributed by atoms with E-state index in [4.69, 9.17) is 9.47 Å². The first-order valence-corrected chi connectivity index (χ1v) is 16.1. The molecule has 4 heteroatoms. The Hall–Kier alpha value is -1.06. The van der Waals surface area contributed by atoms with E-state index in [9.17, 15) is 9.59 Å². The van der Waals surface area contributed by atoms with Crippen LogP contribution in [0.3, 0.4) is 0 Å². The molecule has 1 aliphatic carbocycles. The van der Waals surface area contributed by atoms with Crippen LogP contribution >= 0.6 is 0 Å². The summed E-state index contributed by atoms with van der Waals surface area (Å²) in [5, 5.41) is 0. The van der Waals surface area contributed by atoms with Crippen LogP contribution in [0.25, 0.3) is 0 Å². The Labute approximate surface area is 236 Å². The van der Waals surface area contributed by atoms with E-state index < -0.39 is 0 Å². The van der Waals surface area contributed by atoms with E-state index in [0.717, 1.165) is 51.4 Å². The molecule has 4 nitrogen and oxygen atoms in total. The molecule has 0 N–H and O–H groups in total. The molecule has 2 atom stereocenters. The lowest BCUT2D eigenvalue weighted by molar-refractivity contribution is -0.155. The monoisotopic (exact) mass is 536 g/mol. The fraction of sp³-hybridized carbons (Fsp3) is 0.941. The summed E-state index contributed by atoms with van der Waals surface area (Å²) in [6.07, 6.45) is 17.4. The average Bonchev–Trinajstić information content (AvgIpc) is 2.83. The molecule has 2 unspecified atom stereocenters. The van der Waals surface area contributed by atoms with Crippen LogP contribution in [0.1, 0.15) is 158 Å². The van der Waals surface area contributed by atoms with Crippen LogP contribution in [0.4, 0.5) is 0 Å². The zero-order valence-corrected chi connectivity index (χ0v) is 26.7. The summed E-state index contributed by atoms with van der Waals surface area (Å²) in [7, 11) is 0. The van der Waals surface area contributed by atoms with Gasteiger partial charge in [-0.25, -0.2) is 0 Å². The highest BCUT2D eigenvalue weighted by molar-refractivity contribution is 5.75. The van der Waals surface area contributed by atoms with Gasteiger partial charge in [-0.3, -0.25) is 9.59 Å². The summed E-state index contributed by atoms with van der Waals surface area (Å²) >= 11 is 0. The van der Waals surface area contributed by atoms with Crippen molar-refractivity contribution in [2.24, 2.45) is 34.5 Å². The van der Waals surface area contributed by atoms with Crippen molar-refractivity contribution in [1.29, 1.82) is 0 Å². The van der Waals surface area contributed by atoms with Gasteiger partial charge in [-0.05, 0) is 86.9 Å². The molecule has 0 aliphatic heterocycles. The third-order valence-electron chi connectivity index (χ3n) is 8.31. The van der Waals surface area contributed by atoms with Crippen molar-refractivity contribution in [3.8, 4) is 0 Å². The van der Waals surface area contributed by atoms with Crippen LogP contribution in [-0.4, -0.2) is 25.2 Å². The Morgan fingerprint density at radius 2 is 0.895 bits per heavy atom. The first-order chi connectivity index (χ1) is 17.8. The summed E-state index contributed by atoms with van der Waals surface area (Å²) in [5.41, 5.74) is 0.863. The number of esters is 2. The number of ether oxygens (including phenoxy) is 2. The molecule has 0 spiro atoms. The SMILES string of the molecule is CC(CCCCC(C)(C)C)CCCOC(=O)C1CCC(C(=O)OCCCC(C)CCCCC(C)(C)C)CC1. The van der Waals surface area contributed by atoms with Gasteiger partial charge in [0.25, 0.3) is 0 Å². The largest absolute Gasteiger partial charge is 0.465 e. The van der Waals surface area contributed by atoms with E-state index in [2.05, 4.69) is 55.4 Å². The van der Waals surface area contributed by atoms with Crippen LogP contribution < -0.4 is 0 Å². The zero-order chi connectivity index (χ0) is 28.6. The highest BCUT2D eigenvalue weighted by Gasteiger charge is 2.31. The number of rotatable bonds is 18. The van der Waals surface area contributed by atoms with Crippen molar-refractivity contribution in [3.63, 3.8) is 0 Å². The van der Waals surface area contributed by atoms with E-state index in [0.29, 0.717) is 35.9 Å². The molecule has 1 saturated carbocycles. The Bertz CT molecular complexity index is 578. The molecule has 0 amide bonds. The minimum Gasteiger partial charge on any atom is -0.465 e. The summed E-state index contributed by atoms with van der Waals surface area (Å²) in [6.45, 7) is 19.5. The Kier molecular flexibility index (Phi) is 16.9. The highest BCUT2D eigenvalue weighted by atomic mass is 16.5. The summed E-state index contributed by atoms with van der Waals surface area (Å²) in [6, 6.07) is 0. The zero-order valence-electron chi connectivity index (χ0n) is 26.7. The van der Waals surface area contributed by atoms with Crippen molar-refractivity contribution in [2.75, 3.05) is 13.2 Å². The van der Waals surface area contributed by atoms with Crippen LogP contribution in [0, 0.1) is 34.5 Å². The van der Waals surface area contributed by atoms with E-state index in [1.165, 1.54) is 51.4 Å². The lowest BCUT2D eigenvalue weighted by Gasteiger charge is -2.26. The Balaban J connectivity index is 2.07. The van der Waals surface area contributed by atoms with Gasteiger partial charge in [0.2, 0.25) is 0 Å². The first kappa shape index (κ1) is 35.0. The van der Waals surface area contributed by atoms with E-state index >= 15 is 0 Å². The van der Waals surface area contributed by atoms with Gasteiger partial charge in [-0.2, -0.15) is 0 Å². The molecule has 0 aromatic heterocycles. The van der Waals surface area contributed by atoms with Crippen molar-refractivity contribution in [3.05, 3.63) is 0 Å². The second-order valence-corrected chi connectivity index (χ2v) is 15.0. The minimum atomic E-state index is -0.0638. The van der Waals surface area contributed by atoms with Gasteiger partial charge < -0.3 is 9.47 Å². The topological polar surface area (TPSA) is 52.6 Å². The molecule has 1 rings (SSSR count). The maximum atomic E-state index is 12.5. The molecule has 0 saturated heterocycles. The van der Waals surface area contributed by atoms with Gasteiger partial charge >= 0.3 is 11.9 Å². The number of hydrogen-bond acceptors (Lipinski definition) is 4. The van der Waals surface area contributed by atoms with E-state index in [1.807, 2.05) is 0 Å². The third-order valence-corrected chi connectivity index (χ3v) is 8.31. The average molecular weight is 537 g/mol. The third kappa shape index (κ3) is 18.3. The lowest BCUT2D eigenvalue weighted by Crippen LogP contribution is -2.28. The van der Waals surface area contributed by atoms with Crippen molar-refractivity contribution >= 4 is 11.9 Å². The van der Waals surface area contributed by atoms with Crippen molar-refractivity contribution < 1.29 is 19.1 Å². The minimum absolute atomic E-state index is 0.0481. The summed E-state index contributed by atoms with van der Waals surface area (Å²) < 4.78 is 11.2. The standard InChI is InChI=1S/C34H64O4/c1-27(15-9-11-23-33(3,4)5)17-13-25-37-31(35)29-19-21-30(22-20-29)32(36)38-26-14-18-28(2)16-10-12-24-34(6,7)8/h27-30H,9-26H2,1-8H3. The number of hydrogen-bond donors (Lipinski definition) is 0. The fourth-order valence-corrected chi connectivity index (χ4v) is 5.59. The number of carbonyl (C=O) groups excluding carboxylic acids is 2. The quantitative estimate of drug-likeness (QED) is 0.129. The maximum Gasteiger partial charge on any atom is 0.308 e. The van der Waals surface area contributed by atoms with Gasteiger partial charge in [0.1, 0.15) is 0 Å². The molecule has 1 aliphatic rings. The molecule has 0 radical (unpaired) electrons. The van der Waals surface area contributed by atoms with Gasteiger partial charge in [0.05, 0.1) is 25.0 Å². The van der Waals surface area contributed by atoms with Gasteiger partial charge in [-0.1, -0.05) is 93.9 Å². The summed E-state index contributed by atoms with van der Waals surface area (Å²) in [5.74, 6) is 1.16. The first-order valence-electron chi connectivity index (χ1n) is 16.1. The fourth-order valence-electron chi connectivity index (χ4n) is 5.59. The summed E-state index contributed by atoms with van der Waals surface area (Å²) in [4.78, 5) is 25.0. The molecule has 0 aromatic carbocycles. The smallest absolute Gasteiger partial charge is 0.308 e. The van der Waals surface area contributed by atoms with Crippen LogP contribution in [0.5, 0.6) is 0 Å². The van der Waals surface area contributed by atoms with Gasteiger partial charge in [0.15, 0.2) is 0 Å². The predicted molar refractivity (Wildman–Crippen MR) is 160 cm³/mol. The molecular weight excluding hydrogens is 472 g/mol. The van der Waals surface area contributed by atoms with Crippen LogP contribution in [-0.2, 0) is 19.1 Å². The Morgan fingerprint density at radius 3 is 1.21 bits per heavy atom. The number of unbranched alkanes of at least 4 members (excludes halogenated alkanes) is 2. The van der Waals surface area contributed by atoms with Gasteiger partial charge in [-0.15, -0.1) is 0 Å². The van der Waals surface area contributed by atoms with Crippen molar-refractivity contribution in [1.82, 2.24) is 0 Å². The molecular formula is C34H64O4. The second kappa shape index (κ2) is 18.3. The highest BCUT2D eigenvalue weighted by Crippen LogP contribution is 2.31. The molecule has 0 heterocycles. The van der Waals surface area contributed by atoms with Gasteiger partial charge in [0, 0.05) is 0 Å². The molecule has 0 aromatic rings. The maximum absolute atomic E-state index is 12.5. The number of carbonyl (C=O) groups is 2. The predicted octanol–water partition coefficient (Wildman–Crippen LogP) is 9.92. The van der Waals surface area contributed by atoms with Crippen LogP contribution in [0.15, 0.2) is 0 Å². The van der Waals surface area contributed by atoms with Crippen LogP contribution in [0.2, 0.25) is 0 Å². The van der Waals surface area contributed by atoms with Crippen molar-refractivity contribution in [2.45, 2.75) is 158 Å². The molecule has 1 fully saturated rings. The lowest BCUT2D eigenvalue weighted by atomic mass is 9.82.